The van der Waals surface area contributed by atoms with E-state index < -0.39 is 0 Å². The summed E-state index contributed by atoms with van der Waals surface area (Å²) in [6, 6.07) is 13.2. The highest BCUT2D eigenvalue weighted by Gasteiger charge is 2.15. The van der Waals surface area contributed by atoms with Gasteiger partial charge in [0.25, 0.3) is 11.5 Å². The highest BCUT2D eigenvalue weighted by Crippen LogP contribution is 2.23. The molecule has 0 spiro atoms. The Balaban J connectivity index is 2.01. The number of hydrogen-bond acceptors (Lipinski definition) is 2. The van der Waals surface area contributed by atoms with Gasteiger partial charge in [0.1, 0.15) is 0 Å². The van der Waals surface area contributed by atoms with Gasteiger partial charge in [-0.1, -0.05) is 44.5 Å². The van der Waals surface area contributed by atoms with E-state index in [9.17, 15) is 9.59 Å². The Morgan fingerprint density at radius 3 is 2.48 bits per heavy atom. The van der Waals surface area contributed by atoms with Gasteiger partial charge in [-0.3, -0.25) is 9.59 Å². The molecule has 1 heterocycles. The first-order valence-corrected chi connectivity index (χ1v) is 9.16. The molecule has 2 aromatic carbocycles. The average Bonchev–Trinajstić information content (AvgIpc) is 2.59. The third-order valence-electron chi connectivity index (χ3n) is 4.55. The topological polar surface area (TPSA) is 51.1 Å². The summed E-state index contributed by atoms with van der Waals surface area (Å²) in [5.74, 6) is -0.164. The van der Waals surface area contributed by atoms with E-state index in [1.54, 1.807) is 4.57 Å². The third kappa shape index (κ3) is 4.11. The van der Waals surface area contributed by atoms with Crippen LogP contribution in [-0.4, -0.2) is 10.5 Å². The van der Waals surface area contributed by atoms with Crippen molar-refractivity contribution in [2.24, 2.45) is 5.41 Å². The summed E-state index contributed by atoms with van der Waals surface area (Å²) in [6.07, 6.45) is 1.81. The van der Waals surface area contributed by atoms with Crippen LogP contribution in [0.1, 0.15) is 42.3 Å². The van der Waals surface area contributed by atoms with Crippen LogP contribution in [0.5, 0.6) is 0 Å². The second kappa shape index (κ2) is 7.03. The molecule has 0 saturated carbocycles. The molecule has 4 heteroatoms. The predicted molar refractivity (Wildman–Crippen MR) is 112 cm³/mol. The fraction of sp³-hybridized carbons (Fsp3) is 0.304. The summed E-state index contributed by atoms with van der Waals surface area (Å²) >= 11 is 0. The van der Waals surface area contributed by atoms with E-state index in [1.165, 1.54) is 0 Å². The van der Waals surface area contributed by atoms with Crippen LogP contribution < -0.4 is 10.9 Å². The summed E-state index contributed by atoms with van der Waals surface area (Å²) in [6.45, 7) is 10.8. The molecule has 27 heavy (non-hydrogen) atoms. The molecule has 1 N–H and O–H groups in total. The van der Waals surface area contributed by atoms with Crippen LogP contribution in [0.3, 0.4) is 0 Å². The number of carbonyl (C=O) groups excluding carboxylic acids is 1. The largest absolute Gasteiger partial charge is 0.321 e. The fourth-order valence-corrected chi connectivity index (χ4v) is 3.23. The smallest absolute Gasteiger partial charge is 0.258 e. The van der Waals surface area contributed by atoms with Crippen molar-refractivity contribution >= 4 is 22.4 Å². The molecule has 1 amide bonds. The molecular weight excluding hydrogens is 336 g/mol. The molecule has 0 saturated heterocycles. The molecule has 0 fully saturated rings. The summed E-state index contributed by atoms with van der Waals surface area (Å²) < 4.78 is 1.73. The molecule has 0 aliphatic rings. The van der Waals surface area contributed by atoms with Gasteiger partial charge >= 0.3 is 0 Å². The number of nitrogens with one attached hydrogen (secondary N) is 1. The van der Waals surface area contributed by atoms with Crippen molar-refractivity contribution in [3.05, 3.63) is 75.7 Å². The molecule has 1 aromatic heterocycles. The molecular formula is C23H26N2O2. The zero-order valence-corrected chi connectivity index (χ0v) is 16.6. The lowest BCUT2D eigenvalue weighted by molar-refractivity contribution is 0.102. The van der Waals surface area contributed by atoms with E-state index in [2.05, 4.69) is 26.1 Å². The molecule has 0 unspecified atom stereocenters. The Morgan fingerprint density at radius 1 is 1.04 bits per heavy atom. The van der Waals surface area contributed by atoms with Gasteiger partial charge in [-0.15, -0.1) is 0 Å². The zero-order chi connectivity index (χ0) is 19.8. The molecule has 3 rings (SSSR count). The van der Waals surface area contributed by atoms with Gasteiger partial charge in [0.15, 0.2) is 0 Å². The Morgan fingerprint density at radius 2 is 1.78 bits per heavy atom. The number of fused-ring (bicyclic) bond motifs is 1. The Hall–Kier alpha value is -2.88. The predicted octanol–water partition coefficient (Wildman–Crippen LogP) is 4.92. The number of benzene rings is 2. The number of rotatable bonds is 3. The van der Waals surface area contributed by atoms with Gasteiger partial charge in [-0.2, -0.15) is 0 Å². The second-order valence-electron chi connectivity index (χ2n) is 8.35. The Labute approximate surface area is 159 Å². The van der Waals surface area contributed by atoms with E-state index >= 15 is 0 Å². The molecule has 0 aliphatic heterocycles. The number of carbonyl (C=O) groups is 1. The van der Waals surface area contributed by atoms with Crippen LogP contribution >= 0.6 is 0 Å². The number of anilines is 1. The molecule has 0 bridgehead atoms. The van der Waals surface area contributed by atoms with Crippen LogP contribution in [0.2, 0.25) is 0 Å². The number of aromatic nitrogens is 1. The Bertz CT molecular complexity index is 1070. The van der Waals surface area contributed by atoms with Crippen LogP contribution in [0.15, 0.2) is 53.5 Å². The average molecular weight is 362 g/mol. The third-order valence-corrected chi connectivity index (χ3v) is 4.55. The first-order chi connectivity index (χ1) is 12.7. The SMILES string of the molecule is Cc1ccc(C)c(C(=O)Nc2cccc3c(=O)n(CC(C)(C)C)ccc23)c1. The lowest BCUT2D eigenvalue weighted by atomic mass is 9.96. The van der Waals surface area contributed by atoms with Gasteiger partial charge in [0, 0.05) is 34.8 Å². The highest BCUT2D eigenvalue weighted by molar-refractivity contribution is 6.09. The van der Waals surface area contributed by atoms with Gasteiger partial charge < -0.3 is 9.88 Å². The van der Waals surface area contributed by atoms with Crippen LogP contribution in [-0.2, 0) is 6.54 Å². The van der Waals surface area contributed by atoms with Crippen molar-refractivity contribution in [2.75, 3.05) is 5.32 Å². The Kier molecular flexibility index (Phi) is 4.92. The van der Waals surface area contributed by atoms with Gasteiger partial charge in [-0.05, 0) is 49.1 Å². The summed E-state index contributed by atoms with van der Waals surface area (Å²) in [4.78, 5) is 25.6. The number of amides is 1. The molecule has 0 aliphatic carbocycles. The molecule has 0 atom stereocenters. The highest BCUT2D eigenvalue weighted by atomic mass is 16.1. The summed E-state index contributed by atoms with van der Waals surface area (Å²) in [5, 5.41) is 4.34. The maximum atomic E-state index is 12.9. The molecule has 0 radical (unpaired) electrons. The first kappa shape index (κ1) is 18.9. The van der Waals surface area contributed by atoms with Crippen molar-refractivity contribution in [2.45, 2.75) is 41.2 Å². The van der Waals surface area contributed by atoms with E-state index in [-0.39, 0.29) is 16.9 Å². The number of aryl methyl sites for hydroxylation is 2. The van der Waals surface area contributed by atoms with E-state index in [0.29, 0.717) is 23.2 Å². The minimum Gasteiger partial charge on any atom is -0.321 e. The fourth-order valence-electron chi connectivity index (χ4n) is 3.23. The van der Waals surface area contributed by atoms with Gasteiger partial charge in [-0.25, -0.2) is 0 Å². The van der Waals surface area contributed by atoms with Crippen molar-refractivity contribution in [1.29, 1.82) is 0 Å². The van der Waals surface area contributed by atoms with Crippen LogP contribution in [0, 0.1) is 19.3 Å². The molecule has 140 valence electrons. The molecule has 4 nitrogen and oxygen atoms in total. The normalized spacial score (nSPS) is 11.6. The van der Waals surface area contributed by atoms with Gasteiger partial charge in [0.2, 0.25) is 0 Å². The number of pyridine rings is 1. The lowest BCUT2D eigenvalue weighted by Crippen LogP contribution is -2.26. The zero-order valence-electron chi connectivity index (χ0n) is 16.6. The van der Waals surface area contributed by atoms with E-state index in [1.807, 2.05) is 62.5 Å². The lowest BCUT2D eigenvalue weighted by Gasteiger charge is -2.20. The maximum Gasteiger partial charge on any atom is 0.258 e. The van der Waals surface area contributed by atoms with Crippen LogP contribution in [0.25, 0.3) is 10.8 Å². The van der Waals surface area contributed by atoms with Crippen molar-refractivity contribution < 1.29 is 4.79 Å². The van der Waals surface area contributed by atoms with Crippen molar-refractivity contribution in [3.63, 3.8) is 0 Å². The van der Waals surface area contributed by atoms with E-state index in [4.69, 9.17) is 0 Å². The standard InChI is InChI=1S/C23H26N2O2/c1-15-9-10-16(2)19(13-15)21(26)24-20-8-6-7-18-17(20)11-12-25(22(18)27)14-23(3,4)5/h6-13H,14H2,1-5H3,(H,24,26). The second-order valence-corrected chi connectivity index (χ2v) is 8.35. The van der Waals surface area contributed by atoms with Crippen LogP contribution in [0.4, 0.5) is 5.69 Å². The number of nitrogens with zero attached hydrogens (tertiary/aromatic N) is 1. The summed E-state index contributed by atoms with van der Waals surface area (Å²) in [5.41, 5.74) is 3.22. The number of hydrogen-bond donors (Lipinski definition) is 1. The van der Waals surface area contributed by atoms with Crippen molar-refractivity contribution in [3.8, 4) is 0 Å². The molecule has 3 aromatic rings. The summed E-state index contributed by atoms with van der Waals surface area (Å²) in [7, 11) is 0. The van der Waals surface area contributed by atoms with Crippen molar-refractivity contribution in [1.82, 2.24) is 4.57 Å². The minimum absolute atomic E-state index is 0.00598. The maximum absolute atomic E-state index is 12.9. The van der Waals surface area contributed by atoms with E-state index in [0.717, 1.165) is 16.5 Å². The first-order valence-electron chi connectivity index (χ1n) is 9.16. The monoisotopic (exact) mass is 362 g/mol. The minimum atomic E-state index is -0.164. The quantitative estimate of drug-likeness (QED) is 0.719. The van der Waals surface area contributed by atoms with Gasteiger partial charge in [0.05, 0.1) is 0 Å².